The lowest BCUT2D eigenvalue weighted by atomic mass is 9.72. The van der Waals surface area contributed by atoms with Crippen molar-refractivity contribution >= 4 is 14.4 Å². The lowest BCUT2D eigenvalue weighted by molar-refractivity contribution is -0.123. The van der Waals surface area contributed by atoms with E-state index in [1.807, 2.05) is 0 Å². The summed E-state index contributed by atoms with van der Waals surface area (Å²) in [6.45, 7) is 11.3. The van der Waals surface area contributed by atoms with Crippen LogP contribution in [0, 0.1) is 35.0 Å². The molecular weight excluding hydrogens is 287 g/mol. The molecule has 3 fully saturated rings. The molecule has 0 aliphatic heterocycles. The van der Waals surface area contributed by atoms with E-state index in [1.165, 1.54) is 32.1 Å². The van der Waals surface area contributed by atoms with Gasteiger partial charge in [-0.05, 0) is 80.7 Å². The monoisotopic (exact) mass is 322 g/mol. The molecular formula is C20H35OP. The van der Waals surface area contributed by atoms with Crippen LogP contribution in [0.5, 0.6) is 0 Å². The van der Waals surface area contributed by atoms with Crippen molar-refractivity contribution in [1.82, 2.24) is 0 Å². The van der Waals surface area contributed by atoms with Gasteiger partial charge in [0, 0.05) is 11.6 Å². The van der Waals surface area contributed by atoms with Crippen molar-refractivity contribution in [3.05, 3.63) is 0 Å². The Morgan fingerprint density at radius 1 is 1.05 bits per heavy atom. The summed E-state index contributed by atoms with van der Waals surface area (Å²) in [5.74, 6) is 5.23. The molecule has 0 saturated heterocycles. The minimum absolute atomic E-state index is 0.0742. The molecule has 0 heterocycles. The van der Waals surface area contributed by atoms with Crippen LogP contribution in [0.2, 0.25) is 0 Å². The summed E-state index contributed by atoms with van der Waals surface area (Å²) in [5.41, 5.74) is 0.249. The Morgan fingerprint density at radius 3 is 2.36 bits per heavy atom. The fourth-order valence-electron chi connectivity index (χ4n) is 6.30. The van der Waals surface area contributed by atoms with E-state index < -0.39 is 0 Å². The lowest BCUT2D eigenvalue weighted by Gasteiger charge is -2.37. The van der Waals surface area contributed by atoms with Crippen LogP contribution in [-0.2, 0) is 4.79 Å². The van der Waals surface area contributed by atoms with Gasteiger partial charge in [-0.15, -0.1) is 8.58 Å². The van der Waals surface area contributed by atoms with Gasteiger partial charge < -0.3 is 0 Å². The first-order valence-electron chi connectivity index (χ1n) is 9.46. The summed E-state index contributed by atoms with van der Waals surface area (Å²) in [6.07, 6.45) is 9.17. The smallest absolute Gasteiger partial charge is 0.143 e. The van der Waals surface area contributed by atoms with Gasteiger partial charge in [-0.2, -0.15) is 0 Å². The molecule has 0 radical (unpaired) electrons. The zero-order valence-electron chi connectivity index (χ0n) is 15.2. The van der Waals surface area contributed by atoms with E-state index in [9.17, 15) is 4.79 Å². The maximum atomic E-state index is 13.1. The number of fused-ring (bicyclic) bond motifs is 5. The van der Waals surface area contributed by atoms with E-state index in [2.05, 4.69) is 34.4 Å². The number of hydrogen-bond donors (Lipinski definition) is 0. The average molecular weight is 322 g/mol. The zero-order valence-corrected chi connectivity index (χ0v) is 16.2. The first-order chi connectivity index (χ1) is 10.2. The van der Waals surface area contributed by atoms with Crippen molar-refractivity contribution in [3.8, 4) is 0 Å². The largest absolute Gasteiger partial charge is 0.299 e. The number of rotatable bonds is 5. The van der Waals surface area contributed by atoms with Crippen LogP contribution >= 0.6 is 8.58 Å². The maximum absolute atomic E-state index is 13.1. The highest BCUT2D eigenvalue weighted by Crippen LogP contribution is 2.62. The molecule has 0 aromatic heterocycles. The van der Waals surface area contributed by atoms with Crippen LogP contribution in [0.3, 0.4) is 0 Å². The Balaban J connectivity index is 1.64. The first kappa shape index (κ1) is 16.9. The molecule has 0 spiro atoms. The van der Waals surface area contributed by atoms with Gasteiger partial charge in [0.15, 0.2) is 0 Å². The minimum atomic E-state index is -0.0742. The molecule has 3 aliphatic carbocycles. The molecule has 1 nitrogen and oxygen atoms in total. The maximum Gasteiger partial charge on any atom is 0.143 e. The number of hydrogen-bond acceptors (Lipinski definition) is 1. The van der Waals surface area contributed by atoms with Gasteiger partial charge in [-0.3, -0.25) is 4.79 Å². The van der Waals surface area contributed by atoms with Crippen LogP contribution in [0.4, 0.5) is 0 Å². The molecule has 3 rings (SSSR count). The standard InChI is InChI=1S/C20H35OP/c1-19(2,3)12-20(4,22-5)18(21)11-14-9-13-10-17(14)16-8-6-7-15(13)16/h13-17,22H,6-12H2,1-5H3. The highest BCUT2D eigenvalue weighted by molar-refractivity contribution is 7.40. The molecule has 0 amide bonds. The van der Waals surface area contributed by atoms with Crippen molar-refractivity contribution in [3.63, 3.8) is 0 Å². The van der Waals surface area contributed by atoms with Gasteiger partial charge in [0.25, 0.3) is 0 Å². The molecule has 22 heavy (non-hydrogen) atoms. The minimum Gasteiger partial charge on any atom is -0.299 e. The first-order valence-corrected chi connectivity index (χ1v) is 11.0. The van der Waals surface area contributed by atoms with Crippen molar-refractivity contribution in [2.45, 2.75) is 77.8 Å². The third-order valence-corrected chi connectivity index (χ3v) is 8.62. The highest BCUT2D eigenvalue weighted by atomic mass is 31.1. The van der Waals surface area contributed by atoms with Crippen LogP contribution in [0.25, 0.3) is 0 Å². The van der Waals surface area contributed by atoms with Gasteiger partial charge in [-0.1, -0.05) is 27.2 Å². The van der Waals surface area contributed by atoms with E-state index in [0.29, 0.717) is 5.78 Å². The van der Waals surface area contributed by atoms with E-state index in [0.717, 1.165) is 51.0 Å². The van der Waals surface area contributed by atoms with Crippen LogP contribution in [-0.4, -0.2) is 17.6 Å². The zero-order chi connectivity index (χ0) is 16.1. The predicted octanol–water partition coefficient (Wildman–Crippen LogP) is 5.52. The topological polar surface area (TPSA) is 17.1 Å². The lowest BCUT2D eigenvalue weighted by Crippen LogP contribution is -2.37. The molecule has 2 bridgehead atoms. The molecule has 7 unspecified atom stereocenters. The Labute approximate surface area is 139 Å². The van der Waals surface area contributed by atoms with Crippen molar-refractivity contribution in [1.29, 1.82) is 0 Å². The van der Waals surface area contributed by atoms with E-state index in [1.54, 1.807) is 0 Å². The highest BCUT2D eigenvalue weighted by Gasteiger charge is 2.54. The molecule has 3 aliphatic rings. The van der Waals surface area contributed by atoms with Gasteiger partial charge >= 0.3 is 0 Å². The third kappa shape index (κ3) is 3.04. The second-order valence-electron chi connectivity index (χ2n) is 9.86. The molecule has 2 heteroatoms. The van der Waals surface area contributed by atoms with Gasteiger partial charge in [0.1, 0.15) is 5.78 Å². The Morgan fingerprint density at radius 2 is 1.73 bits per heavy atom. The number of Topliss-reactive ketones (excluding diaryl/α,β-unsaturated/α-hetero) is 1. The van der Waals surface area contributed by atoms with E-state index in [-0.39, 0.29) is 10.6 Å². The normalized spacial score (nSPS) is 40.3. The van der Waals surface area contributed by atoms with Crippen molar-refractivity contribution < 1.29 is 4.79 Å². The number of ketones is 1. The second-order valence-corrected chi connectivity index (χ2v) is 11.5. The molecule has 3 saturated carbocycles. The Hall–Kier alpha value is 0.100. The van der Waals surface area contributed by atoms with Crippen molar-refractivity contribution in [2.24, 2.45) is 35.0 Å². The predicted molar refractivity (Wildman–Crippen MR) is 96.9 cm³/mol. The van der Waals surface area contributed by atoms with Crippen LogP contribution in [0.1, 0.15) is 72.6 Å². The quantitative estimate of drug-likeness (QED) is 0.609. The Kier molecular flexibility index (Phi) is 4.52. The number of carbonyl (C=O) groups excluding carboxylic acids is 1. The average Bonchev–Trinajstić information content (AvgIpc) is 3.08. The fraction of sp³-hybridized carbons (Fsp3) is 0.950. The van der Waals surface area contributed by atoms with E-state index >= 15 is 0 Å². The summed E-state index contributed by atoms with van der Waals surface area (Å²) >= 11 is 0. The van der Waals surface area contributed by atoms with Crippen LogP contribution < -0.4 is 0 Å². The molecule has 0 N–H and O–H groups in total. The Bertz CT molecular complexity index is 437. The summed E-state index contributed by atoms with van der Waals surface area (Å²) in [4.78, 5) is 13.1. The summed E-state index contributed by atoms with van der Waals surface area (Å²) in [7, 11) is 0.734. The fourth-order valence-corrected chi connectivity index (χ4v) is 7.38. The van der Waals surface area contributed by atoms with Gasteiger partial charge in [-0.25, -0.2) is 0 Å². The summed E-state index contributed by atoms with van der Waals surface area (Å²) in [5, 5.41) is -0.0742. The number of carbonyl (C=O) groups is 1. The molecule has 7 atom stereocenters. The molecule has 126 valence electrons. The van der Waals surface area contributed by atoms with Crippen molar-refractivity contribution in [2.75, 3.05) is 6.66 Å². The summed E-state index contributed by atoms with van der Waals surface area (Å²) in [6, 6.07) is 0. The summed E-state index contributed by atoms with van der Waals surface area (Å²) < 4.78 is 0. The van der Waals surface area contributed by atoms with Crippen LogP contribution in [0.15, 0.2) is 0 Å². The molecule has 0 aromatic carbocycles. The van der Waals surface area contributed by atoms with Gasteiger partial charge in [0.05, 0.1) is 0 Å². The van der Waals surface area contributed by atoms with Gasteiger partial charge in [0.2, 0.25) is 0 Å². The third-order valence-electron chi connectivity index (χ3n) is 7.06. The SMILES string of the molecule is CPC(C)(CC(C)(C)C)C(=O)CC1CC2CC1C1CCCC21. The van der Waals surface area contributed by atoms with E-state index in [4.69, 9.17) is 0 Å². The second kappa shape index (κ2) is 5.87. The molecule has 0 aromatic rings.